The fourth-order valence-electron chi connectivity index (χ4n) is 1.41. The number of thioether (sulfide) groups is 1. The minimum Gasteiger partial charge on any atom is -0.481 e. The lowest BCUT2D eigenvalue weighted by Crippen LogP contribution is -2.21. The number of nitrogens with one attached hydrogen (secondary N) is 1. The number of carboxylic acids is 1. The van der Waals surface area contributed by atoms with Crippen molar-refractivity contribution in [1.82, 2.24) is 9.97 Å². The molecule has 1 aromatic heterocycles. The van der Waals surface area contributed by atoms with Crippen molar-refractivity contribution in [2.45, 2.75) is 32.4 Å². The van der Waals surface area contributed by atoms with Crippen LogP contribution in [-0.2, 0) is 17.0 Å². The van der Waals surface area contributed by atoms with Gasteiger partial charge in [0, 0.05) is 11.3 Å². The van der Waals surface area contributed by atoms with Crippen molar-refractivity contribution in [3.63, 3.8) is 0 Å². The molecule has 2 N–H and O–H groups in total. The van der Waals surface area contributed by atoms with Gasteiger partial charge in [-0.3, -0.25) is 9.59 Å². The van der Waals surface area contributed by atoms with Crippen molar-refractivity contribution in [3.8, 4) is 0 Å². The van der Waals surface area contributed by atoms with Crippen molar-refractivity contribution >= 4 is 17.7 Å². The highest BCUT2D eigenvalue weighted by atomic mass is 32.2. The summed E-state index contributed by atoms with van der Waals surface area (Å²) in [6.07, 6.45) is 0.793. The van der Waals surface area contributed by atoms with Crippen molar-refractivity contribution in [2.75, 3.05) is 5.75 Å². The molecule has 1 aromatic rings. The Labute approximate surface area is 104 Å². The van der Waals surface area contributed by atoms with E-state index in [4.69, 9.17) is 5.11 Å². The smallest absolute Gasteiger partial charge is 0.308 e. The lowest BCUT2D eigenvalue weighted by Gasteiger charge is -2.05. The van der Waals surface area contributed by atoms with Gasteiger partial charge in [-0.15, -0.1) is 0 Å². The van der Waals surface area contributed by atoms with Crippen LogP contribution in [0.2, 0.25) is 0 Å². The zero-order valence-electron chi connectivity index (χ0n) is 9.95. The highest BCUT2D eigenvalue weighted by molar-refractivity contribution is 7.98. The monoisotopic (exact) mass is 256 g/mol. The molecule has 0 spiro atoms. The van der Waals surface area contributed by atoms with Gasteiger partial charge >= 0.3 is 5.97 Å². The largest absolute Gasteiger partial charge is 0.481 e. The second-order valence-electron chi connectivity index (χ2n) is 3.70. The van der Waals surface area contributed by atoms with Crippen LogP contribution in [0.25, 0.3) is 0 Å². The van der Waals surface area contributed by atoms with E-state index < -0.39 is 5.97 Å². The van der Waals surface area contributed by atoms with E-state index in [2.05, 4.69) is 16.9 Å². The minimum atomic E-state index is -1.02. The molecule has 0 aliphatic carbocycles. The topological polar surface area (TPSA) is 83.0 Å². The summed E-state index contributed by atoms with van der Waals surface area (Å²) in [7, 11) is 0. The number of aliphatic carboxylic acids is 1. The van der Waals surface area contributed by atoms with Crippen LogP contribution < -0.4 is 5.56 Å². The number of hydrogen-bond donors (Lipinski definition) is 2. The second-order valence-corrected chi connectivity index (χ2v) is 4.80. The van der Waals surface area contributed by atoms with Crippen LogP contribution in [0.5, 0.6) is 0 Å². The first-order valence-electron chi connectivity index (χ1n) is 5.42. The van der Waals surface area contributed by atoms with E-state index in [0.29, 0.717) is 17.3 Å². The Balaban J connectivity index is 2.85. The summed E-state index contributed by atoms with van der Waals surface area (Å²) in [6, 6.07) is 0. The second kappa shape index (κ2) is 6.44. The lowest BCUT2D eigenvalue weighted by molar-refractivity contribution is -0.136. The predicted molar refractivity (Wildman–Crippen MR) is 67.4 cm³/mol. The number of aryl methyl sites for hydroxylation is 1. The average molecular weight is 256 g/mol. The van der Waals surface area contributed by atoms with Crippen molar-refractivity contribution < 1.29 is 9.90 Å². The number of carbonyl (C=O) groups is 1. The summed E-state index contributed by atoms with van der Waals surface area (Å²) in [4.78, 5) is 29.1. The first kappa shape index (κ1) is 13.8. The predicted octanol–water partition coefficient (Wildman–Crippen LogP) is 1.35. The molecule has 0 aliphatic rings. The Morgan fingerprint density at radius 1 is 1.53 bits per heavy atom. The van der Waals surface area contributed by atoms with Gasteiger partial charge in [-0.05, 0) is 19.1 Å². The standard InChI is InChI=1S/C11H16N2O3S/c1-3-4-17-6-9-12-7(2)8(5-10(14)15)11(16)13-9/h3-6H2,1-2H3,(H,14,15)(H,12,13,16). The molecule has 0 aliphatic heterocycles. The fraction of sp³-hybridized carbons (Fsp3) is 0.545. The zero-order chi connectivity index (χ0) is 12.8. The minimum absolute atomic E-state index is 0.238. The third-order valence-electron chi connectivity index (χ3n) is 2.19. The normalized spacial score (nSPS) is 10.5. The van der Waals surface area contributed by atoms with Gasteiger partial charge < -0.3 is 10.1 Å². The molecule has 94 valence electrons. The molecule has 1 heterocycles. The van der Waals surface area contributed by atoms with E-state index in [1.165, 1.54) is 0 Å². The first-order valence-corrected chi connectivity index (χ1v) is 6.58. The molecular weight excluding hydrogens is 240 g/mol. The molecule has 0 aromatic carbocycles. The molecule has 0 amide bonds. The number of nitrogens with zero attached hydrogens (tertiary/aromatic N) is 1. The van der Waals surface area contributed by atoms with Gasteiger partial charge in [0.15, 0.2) is 0 Å². The zero-order valence-corrected chi connectivity index (χ0v) is 10.8. The Bertz CT molecular complexity index is 457. The summed E-state index contributed by atoms with van der Waals surface area (Å²) in [6.45, 7) is 3.76. The summed E-state index contributed by atoms with van der Waals surface area (Å²) in [5.74, 6) is 1.25. The third kappa shape index (κ3) is 4.22. The number of aromatic nitrogens is 2. The van der Waals surface area contributed by atoms with Crippen LogP contribution >= 0.6 is 11.8 Å². The maximum Gasteiger partial charge on any atom is 0.308 e. The van der Waals surface area contributed by atoms with E-state index in [1.807, 2.05) is 0 Å². The fourth-order valence-corrected chi connectivity index (χ4v) is 2.17. The van der Waals surface area contributed by atoms with Gasteiger partial charge in [0.1, 0.15) is 5.82 Å². The first-order chi connectivity index (χ1) is 8.04. The maximum absolute atomic E-state index is 11.7. The number of rotatable bonds is 6. The Kier molecular flexibility index (Phi) is 5.21. The summed E-state index contributed by atoms with van der Waals surface area (Å²) in [5.41, 5.74) is 0.400. The van der Waals surface area contributed by atoms with Gasteiger partial charge in [-0.25, -0.2) is 4.98 Å². The van der Waals surface area contributed by atoms with Crippen LogP contribution in [0.1, 0.15) is 30.4 Å². The Morgan fingerprint density at radius 3 is 2.76 bits per heavy atom. The molecular formula is C11H16N2O3S. The highest BCUT2D eigenvalue weighted by Crippen LogP contribution is 2.09. The number of hydrogen-bond acceptors (Lipinski definition) is 4. The maximum atomic E-state index is 11.7. The molecule has 17 heavy (non-hydrogen) atoms. The van der Waals surface area contributed by atoms with Gasteiger partial charge in [0.05, 0.1) is 12.2 Å². The average Bonchev–Trinajstić information content (AvgIpc) is 2.24. The molecule has 0 saturated carbocycles. The third-order valence-corrected chi connectivity index (χ3v) is 3.36. The lowest BCUT2D eigenvalue weighted by atomic mass is 10.2. The van der Waals surface area contributed by atoms with Crippen molar-refractivity contribution in [3.05, 3.63) is 27.4 Å². The van der Waals surface area contributed by atoms with Crippen LogP contribution in [0, 0.1) is 6.92 Å². The molecule has 0 atom stereocenters. The van der Waals surface area contributed by atoms with E-state index in [0.717, 1.165) is 12.2 Å². The molecule has 1 rings (SSSR count). The number of carboxylic acid groups (broad SMARTS) is 1. The van der Waals surface area contributed by atoms with Crippen LogP contribution in [-0.4, -0.2) is 26.8 Å². The van der Waals surface area contributed by atoms with E-state index in [1.54, 1.807) is 18.7 Å². The Hall–Kier alpha value is -1.30. The molecule has 6 heteroatoms. The van der Waals surface area contributed by atoms with Gasteiger partial charge in [-0.2, -0.15) is 11.8 Å². The molecule has 0 fully saturated rings. The van der Waals surface area contributed by atoms with E-state index in [-0.39, 0.29) is 17.5 Å². The van der Waals surface area contributed by atoms with Crippen LogP contribution in [0.15, 0.2) is 4.79 Å². The molecule has 0 saturated heterocycles. The van der Waals surface area contributed by atoms with Gasteiger partial charge in [0.25, 0.3) is 5.56 Å². The van der Waals surface area contributed by atoms with E-state index >= 15 is 0 Å². The quantitative estimate of drug-likeness (QED) is 0.751. The molecule has 0 radical (unpaired) electrons. The highest BCUT2D eigenvalue weighted by Gasteiger charge is 2.11. The van der Waals surface area contributed by atoms with E-state index in [9.17, 15) is 9.59 Å². The van der Waals surface area contributed by atoms with Crippen LogP contribution in [0.3, 0.4) is 0 Å². The van der Waals surface area contributed by atoms with Crippen molar-refractivity contribution in [2.24, 2.45) is 0 Å². The molecule has 0 unspecified atom stereocenters. The Morgan fingerprint density at radius 2 is 2.24 bits per heavy atom. The van der Waals surface area contributed by atoms with Crippen molar-refractivity contribution in [1.29, 1.82) is 0 Å². The number of H-pyrrole nitrogens is 1. The summed E-state index contributed by atoms with van der Waals surface area (Å²) in [5, 5.41) is 8.67. The van der Waals surface area contributed by atoms with Crippen LogP contribution in [0.4, 0.5) is 0 Å². The number of aromatic amines is 1. The summed E-state index contributed by atoms with van der Waals surface area (Å²) >= 11 is 1.69. The van der Waals surface area contributed by atoms with Gasteiger partial charge in [0.2, 0.25) is 0 Å². The SMILES string of the molecule is CCCSCc1nc(C)c(CC(=O)O)c(=O)[nH]1. The molecule has 5 nitrogen and oxygen atoms in total. The van der Waals surface area contributed by atoms with Gasteiger partial charge in [-0.1, -0.05) is 6.92 Å². The summed E-state index contributed by atoms with van der Waals surface area (Å²) < 4.78 is 0. The molecule has 0 bridgehead atoms.